The molecule has 0 saturated carbocycles. The highest BCUT2D eigenvalue weighted by Gasteiger charge is 2.25. The lowest BCUT2D eigenvalue weighted by Gasteiger charge is -2.08. The van der Waals surface area contributed by atoms with Gasteiger partial charge in [-0.3, -0.25) is 0 Å². The summed E-state index contributed by atoms with van der Waals surface area (Å²) < 4.78 is 41.5. The van der Waals surface area contributed by atoms with Crippen molar-refractivity contribution < 1.29 is 17.9 Å². The molecule has 1 aromatic carbocycles. The normalized spacial score (nSPS) is 11.6. The van der Waals surface area contributed by atoms with Crippen molar-refractivity contribution >= 4 is 21.6 Å². The Balaban J connectivity index is 2.00. The van der Waals surface area contributed by atoms with E-state index in [1.165, 1.54) is 0 Å². The van der Waals surface area contributed by atoms with Crippen LogP contribution in [0.15, 0.2) is 28.7 Å². The third kappa shape index (κ3) is 7.55. The van der Waals surface area contributed by atoms with Crippen molar-refractivity contribution in [2.75, 3.05) is 25.1 Å². The summed E-state index contributed by atoms with van der Waals surface area (Å²) in [5, 5.41) is 3.11. The third-order valence-corrected chi connectivity index (χ3v) is 2.70. The minimum Gasteiger partial charge on any atom is -0.383 e. The van der Waals surface area contributed by atoms with Gasteiger partial charge in [0.05, 0.1) is 6.61 Å². The van der Waals surface area contributed by atoms with E-state index in [0.717, 1.165) is 10.2 Å². The SMILES string of the molecule is FC(F)(F)CCCOCCNc1ccc(Br)cc1. The Labute approximate surface area is 113 Å². The van der Waals surface area contributed by atoms with E-state index in [9.17, 15) is 13.2 Å². The third-order valence-electron chi connectivity index (χ3n) is 2.17. The highest BCUT2D eigenvalue weighted by molar-refractivity contribution is 9.10. The summed E-state index contributed by atoms with van der Waals surface area (Å²) >= 11 is 3.33. The van der Waals surface area contributed by atoms with Crippen LogP contribution in [-0.4, -0.2) is 25.9 Å². The Morgan fingerprint density at radius 3 is 2.39 bits per heavy atom. The van der Waals surface area contributed by atoms with Crippen LogP contribution < -0.4 is 5.32 Å². The first-order valence-electron chi connectivity index (χ1n) is 5.61. The average Bonchev–Trinajstić information content (AvgIpc) is 2.29. The van der Waals surface area contributed by atoms with Gasteiger partial charge in [-0.15, -0.1) is 0 Å². The first kappa shape index (κ1) is 15.3. The maximum Gasteiger partial charge on any atom is 0.389 e. The molecule has 2 nitrogen and oxygen atoms in total. The Morgan fingerprint density at radius 1 is 1.11 bits per heavy atom. The number of hydrogen-bond acceptors (Lipinski definition) is 2. The van der Waals surface area contributed by atoms with Gasteiger partial charge >= 0.3 is 6.18 Å². The topological polar surface area (TPSA) is 21.3 Å². The molecule has 0 spiro atoms. The van der Waals surface area contributed by atoms with Gasteiger partial charge in [0.25, 0.3) is 0 Å². The van der Waals surface area contributed by atoms with Crippen molar-refractivity contribution in [1.29, 1.82) is 0 Å². The molecule has 0 bridgehead atoms. The predicted octanol–water partition coefficient (Wildman–Crippen LogP) is 4.22. The molecule has 0 saturated heterocycles. The quantitative estimate of drug-likeness (QED) is 0.758. The molecular weight excluding hydrogens is 311 g/mol. The van der Waals surface area contributed by atoms with Crippen LogP contribution >= 0.6 is 15.9 Å². The van der Waals surface area contributed by atoms with E-state index in [-0.39, 0.29) is 13.0 Å². The van der Waals surface area contributed by atoms with E-state index in [1.54, 1.807) is 0 Å². The summed E-state index contributed by atoms with van der Waals surface area (Å²) in [4.78, 5) is 0. The van der Waals surface area contributed by atoms with Crippen molar-refractivity contribution in [3.8, 4) is 0 Å². The number of alkyl halides is 3. The molecule has 0 amide bonds. The van der Waals surface area contributed by atoms with Gasteiger partial charge < -0.3 is 10.1 Å². The van der Waals surface area contributed by atoms with Gasteiger partial charge in [-0.25, -0.2) is 0 Å². The Bertz CT molecular complexity index is 340. The van der Waals surface area contributed by atoms with Crippen LogP contribution in [-0.2, 0) is 4.74 Å². The standard InChI is InChI=1S/C12H15BrF3NO/c13-10-2-4-11(5-3-10)17-7-9-18-8-1-6-12(14,15)16/h2-5,17H,1,6-9H2. The van der Waals surface area contributed by atoms with Gasteiger partial charge in [0.15, 0.2) is 0 Å². The van der Waals surface area contributed by atoms with Crippen molar-refractivity contribution in [2.45, 2.75) is 19.0 Å². The van der Waals surface area contributed by atoms with Crippen LogP contribution in [0.3, 0.4) is 0 Å². The largest absolute Gasteiger partial charge is 0.389 e. The molecule has 0 fully saturated rings. The molecule has 0 aliphatic rings. The minimum absolute atomic E-state index is 0.0157. The smallest absolute Gasteiger partial charge is 0.383 e. The van der Waals surface area contributed by atoms with Crippen LogP contribution in [0, 0.1) is 0 Å². The van der Waals surface area contributed by atoms with Crippen molar-refractivity contribution in [3.63, 3.8) is 0 Å². The van der Waals surface area contributed by atoms with Crippen molar-refractivity contribution in [3.05, 3.63) is 28.7 Å². The Kier molecular flexibility index (Phi) is 6.49. The minimum atomic E-state index is -4.08. The van der Waals surface area contributed by atoms with Gasteiger partial charge in [-0.05, 0) is 30.7 Å². The van der Waals surface area contributed by atoms with E-state index in [2.05, 4.69) is 21.2 Å². The molecule has 0 heterocycles. The highest BCUT2D eigenvalue weighted by atomic mass is 79.9. The maximum atomic E-state index is 11.8. The van der Waals surface area contributed by atoms with Gasteiger partial charge in [-0.1, -0.05) is 15.9 Å². The molecule has 0 aliphatic carbocycles. The van der Waals surface area contributed by atoms with E-state index < -0.39 is 12.6 Å². The zero-order chi connectivity index (χ0) is 13.4. The van der Waals surface area contributed by atoms with Crippen molar-refractivity contribution in [1.82, 2.24) is 0 Å². The fourth-order valence-corrected chi connectivity index (χ4v) is 1.58. The fraction of sp³-hybridized carbons (Fsp3) is 0.500. The van der Waals surface area contributed by atoms with Crippen LogP contribution in [0.4, 0.5) is 18.9 Å². The molecule has 0 aromatic heterocycles. The molecule has 0 aliphatic heterocycles. The number of nitrogens with one attached hydrogen (secondary N) is 1. The number of hydrogen-bond donors (Lipinski definition) is 1. The maximum absolute atomic E-state index is 11.8. The number of anilines is 1. The zero-order valence-corrected chi connectivity index (χ0v) is 11.4. The van der Waals surface area contributed by atoms with Crippen LogP contribution in [0.2, 0.25) is 0 Å². The zero-order valence-electron chi connectivity index (χ0n) is 9.77. The van der Waals surface area contributed by atoms with Gasteiger partial charge in [0.2, 0.25) is 0 Å². The molecular formula is C12H15BrF3NO. The number of rotatable bonds is 7. The van der Waals surface area contributed by atoms with Crippen LogP contribution in [0.25, 0.3) is 0 Å². The molecule has 1 rings (SSSR count). The first-order valence-corrected chi connectivity index (χ1v) is 6.40. The Morgan fingerprint density at radius 2 is 1.78 bits per heavy atom. The second kappa shape index (κ2) is 7.63. The molecule has 1 N–H and O–H groups in total. The second-order valence-electron chi connectivity index (χ2n) is 3.76. The second-order valence-corrected chi connectivity index (χ2v) is 4.68. The summed E-state index contributed by atoms with van der Waals surface area (Å²) in [6.07, 6.45) is -4.85. The lowest BCUT2D eigenvalue weighted by molar-refractivity contribution is -0.137. The van der Waals surface area contributed by atoms with Crippen molar-refractivity contribution in [2.24, 2.45) is 0 Å². The molecule has 6 heteroatoms. The van der Waals surface area contributed by atoms with Crippen LogP contribution in [0.5, 0.6) is 0 Å². The average molecular weight is 326 g/mol. The Hall–Kier alpha value is -0.750. The molecule has 0 atom stereocenters. The number of halogens is 4. The summed E-state index contributed by atoms with van der Waals surface area (Å²) in [7, 11) is 0. The molecule has 18 heavy (non-hydrogen) atoms. The highest BCUT2D eigenvalue weighted by Crippen LogP contribution is 2.21. The molecule has 0 radical (unpaired) electrons. The number of benzene rings is 1. The van der Waals surface area contributed by atoms with E-state index in [0.29, 0.717) is 13.2 Å². The fourth-order valence-electron chi connectivity index (χ4n) is 1.31. The van der Waals surface area contributed by atoms with E-state index in [4.69, 9.17) is 4.74 Å². The lowest BCUT2D eigenvalue weighted by Crippen LogP contribution is -2.12. The summed E-state index contributed by atoms with van der Waals surface area (Å²) in [5.41, 5.74) is 0.956. The molecule has 1 aromatic rings. The van der Waals surface area contributed by atoms with Gasteiger partial charge in [0.1, 0.15) is 0 Å². The van der Waals surface area contributed by atoms with Crippen LogP contribution in [0.1, 0.15) is 12.8 Å². The monoisotopic (exact) mass is 325 g/mol. The predicted molar refractivity (Wildman–Crippen MR) is 68.7 cm³/mol. The lowest BCUT2D eigenvalue weighted by atomic mass is 10.3. The molecule has 0 unspecified atom stereocenters. The van der Waals surface area contributed by atoms with E-state index in [1.807, 2.05) is 24.3 Å². The number of ether oxygens (including phenoxy) is 1. The van der Waals surface area contributed by atoms with Gasteiger partial charge in [-0.2, -0.15) is 13.2 Å². The molecule has 102 valence electrons. The first-order chi connectivity index (χ1) is 8.47. The summed E-state index contributed by atoms with van der Waals surface area (Å²) in [5.74, 6) is 0. The van der Waals surface area contributed by atoms with E-state index >= 15 is 0 Å². The summed E-state index contributed by atoms with van der Waals surface area (Å²) in [6.45, 7) is 1.11. The van der Waals surface area contributed by atoms with Gasteiger partial charge in [0, 0.05) is 29.7 Å². The summed E-state index contributed by atoms with van der Waals surface area (Å²) in [6, 6.07) is 7.64.